The minimum absolute atomic E-state index is 0.175. The summed E-state index contributed by atoms with van der Waals surface area (Å²) in [5.41, 5.74) is 1.73. The first-order valence-electron chi connectivity index (χ1n) is 11.4. The molecule has 1 aromatic carbocycles. The predicted octanol–water partition coefficient (Wildman–Crippen LogP) is 5.36. The fourth-order valence-corrected chi connectivity index (χ4v) is 5.75. The molecule has 2 aliphatic carbocycles. The summed E-state index contributed by atoms with van der Waals surface area (Å²) in [5, 5.41) is 4.74. The maximum atomic E-state index is 13.2. The van der Waals surface area contributed by atoms with Crippen LogP contribution in [0.5, 0.6) is 0 Å². The zero-order chi connectivity index (χ0) is 21.8. The van der Waals surface area contributed by atoms with Crippen molar-refractivity contribution in [2.75, 3.05) is 26.3 Å². The van der Waals surface area contributed by atoms with Crippen molar-refractivity contribution >= 4 is 0 Å². The molecule has 4 nitrogen and oxygen atoms in total. The first-order chi connectivity index (χ1) is 14.8. The van der Waals surface area contributed by atoms with E-state index >= 15 is 0 Å². The number of nitrogens with zero attached hydrogens (tertiary/aromatic N) is 3. The molecule has 2 saturated carbocycles. The second-order valence-corrected chi connectivity index (χ2v) is 9.55. The maximum absolute atomic E-state index is 13.2. The smallest absolute Gasteiger partial charge is 0.380 e. The van der Waals surface area contributed by atoms with Crippen molar-refractivity contribution in [2.45, 2.75) is 57.3 Å². The fourth-order valence-electron chi connectivity index (χ4n) is 5.75. The molecule has 2 heterocycles. The van der Waals surface area contributed by atoms with E-state index in [-0.39, 0.29) is 6.04 Å². The number of alkyl halides is 3. The molecule has 2 aromatic rings. The van der Waals surface area contributed by atoms with Crippen LogP contribution in [-0.4, -0.2) is 47.0 Å². The highest BCUT2D eigenvalue weighted by Crippen LogP contribution is 2.64. The average Bonchev–Trinajstić information content (AvgIpc) is 3.07. The average molecular weight is 434 g/mol. The van der Waals surface area contributed by atoms with Crippen LogP contribution >= 0.6 is 0 Å². The molecule has 1 aliphatic heterocycles. The van der Waals surface area contributed by atoms with E-state index in [4.69, 9.17) is 9.84 Å². The van der Waals surface area contributed by atoms with Crippen LogP contribution in [0, 0.1) is 11.8 Å². The summed E-state index contributed by atoms with van der Waals surface area (Å²) < 4.78 is 47.1. The molecule has 0 radical (unpaired) electrons. The van der Waals surface area contributed by atoms with Crippen molar-refractivity contribution in [1.29, 1.82) is 0 Å². The van der Waals surface area contributed by atoms with Crippen molar-refractivity contribution < 1.29 is 17.9 Å². The number of hydrogen-bond acceptors (Lipinski definition) is 3. The highest BCUT2D eigenvalue weighted by Gasteiger charge is 2.58. The largest absolute Gasteiger partial charge is 0.416 e. The van der Waals surface area contributed by atoms with Gasteiger partial charge in [-0.3, -0.25) is 9.58 Å². The third-order valence-corrected chi connectivity index (χ3v) is 7.27. The Morgan fingerprint density at radius 1 is 1.06 bits per heavy atom. The molecule has 2 unspecified atom stereocenters. The van der Waals surface area contributed by atoms with Gasteiger partial charge in [-0.2, -0.15) is 18.3 Å². The number of benzene rings is 1. The van der Waals surface area contributed by atoms with Crippen LogP contribution in [0.2, 0.25) is 0 Å². The minimum atomic E-state index is -4.35. The summed E-state index contributed by atoms with van der Waals surface area (Å²) in [7, 11) is 0. The van der Waals surface area contributed by atoms with Crippen LogP contribution in [0.4, 0.5) is 13.2 Å². The number of aromatic nitrogens is 2. The highest BCUT2D eigenvalue weighted by atomic mass is 19.4. The van der Waals surface area contributed by atoms with Crippen LogP contribution < -0.4 is 0 Å². The molecule has 7 heteroatoms. The van der Waals surface area contributed by atoms with Crippen molar-refractivity contribution in [2.24, 2.45) is 11.8 Å². The summed E-state index contributed by atoms with van der Waals surface area (Å²) in [5.74, 6) is 1.81. The van der Waals surface area contributed by atoms with Gasteiger partial charge < -0.3 is 4.74 Å². The number of ether oxygens (including phenoxy) is 1. The monoisotopic (exact) mass is 433 g/mol. The van der Waals surface area contributed by atoms with E-state index in [9.17, 15) is 13.2 Å². The Hall–Kier alpha value is -1.86. The molecule has 0 spiro atoms. The van der Waals surface area contributed by atoms with E-state index in [1.54, 1.807) is 6.07 Å². The Balaban J connectivity index is 1.35. The summed E-state index contributed by atoms with van der Waals surface area (Å²) in [6, 6.07) is 8.36. The molecule has 31 heavy (non-hydrogen) atoms. The van der Waals surface area contributed by atoms with Crippen LogP contribution in [0.3, 0.4) is 0 Å². The van der Waals surface area contributed by atoms with Crippen molar-refractivity contribution in [3.63, 3.8) is 0 Å². The molecule has 5 rings (SSSR count). The lowest BCUT2D eigenvalue weighted by Gasteiger charge is -2.28. The summed E-state index contributed by atoms with van der Waals surface area (Å²) >= 11 is 0. The third-order valence-electron chi connectivity index (χ3n) is 7.27. The Morgan fingerprint density at radius 3 is 2.55 bits per heavy atom. The van der Waals surface area contributed by atoms with Gasteiger partial charge in [0.25, 0.3) is 0 Å². The van der Waals surface area contributed by atoms with E-state index in [1.165, 1.54) is 30.7 Å². The van der Waals surface area contributed by atoms with Crippen LogP contribution in [0.25, 0.3) is 11.3 Å². The molecule has 3 fully saturated rings. The topological polar surface area (TPSA) is 30.3 Å². The molecule has 1 saturated heterocycles. The van der Waals surface area contributed by atoms with Crippen LogP contribution in [0.15, 0.2) is 30.3 Å². The quantitative estimate of drug-likeness (QED) is 0.650. The molecule has 3 aliphatic rings. The molecule has 1 aromatic heterocycles. The van der Waals surface area contributed by atoms with E-state index in [0.717, 1.165) is 38.8 Å². The second-order valence-electron chi connectivity index (χ2n) is 9.55. The normalized spacial score (nSPS) is 29.2. The molecule has 0 N–H and O–H groups in total. The number of fused-ring (bicyclic) bond motifs is 1. The van der Waals surface area contributed by atoms with Gasteiger partial charge in [0, 0.05) is 49.0 Å². The standard InChI is InChI=1S/C24H30F3N3O/c1-15(2)30-22(14-21(28-30)16-5-3-6-17(11-16)24(25,26)27)23-19-12-18(13-20(19)23)29-7-4-9-31-10-8-29/h3,5-6,11,14-15,18-20,23H,4,7-10,12-13H2,1-2H3/t18?,19-,20+,23?. The Morgan fingerprint density at radius 2 is 1.84 bits per heavy atom. The number of halogens is 3. The Kier molecular flexibility index (Phi) is 5.37. The minimum Gasteiger partial charge on any atom is -0.380 e. The van der Waals surface area contributed by atoms with Crippen LogP contribution in [0.1, 0.15) is 56.3 Å². The van der Waals surface area contributed by atoms with Gasteiger partial charge in [0.2, 0.25) is 0 Å². The summed E-state index contributed by atoms with van der Waals surface area (Å²) in [4.78, 5) is 2.60. The van der Waals surface area contributed by atoms with Gasteiger partial charge >= 0.3 is 6.18 Å². The third kappa shape index (κ3) is 4.02. The Bertz CT molecular complexity index is 918. The van der Waals surface area contributed by atoms with E-state index in [1.807, 2.05) is 10.7 Å². The molecule has 0 amide bonds. The van der Waals surface area contributed by atoms with Gasteiger partial charge in [0.05, 0.1) is 17.9 Å². The van der Waals surface area contributed by atoms with Gasteiger partial charge in [0.1, 0.15) is 0 Å². The van der Waals surface area contributed by atoms with Gasteiger partial charge in [-0.15, -0.1) is 0 Å². The molecule has 0 bridgehead atoms. The first kappa shape index (κ1) is 21.0. The van der Waals surface area contributed by atoms with Crippen molar-refractivity contribution in [1.82, 2.24) is 14.7 Å². The van der Waals surface area contributed by atoms with Crippen molar-refractivity contribution in [3.8, 4) is 11.3 Å². The second kappa shape index (κ2) is 7.93. The van der Waals surface area contributed by atoms with Gasteiger partial charge in [-0.25, -0.2) is 0 Å². The highest BCUT2D eigenvalue weighted by molar-refractivity contribution is 5.61. The number of rotatable bonds is 4. The van der Waals surface area contributed by atoms with Gasteiger partial charge in [-0.1, -0.05) is 12.1 Å². The molecular formula is C24H30F3N3O. The lowest BCUT2D eigenvalue weighted by atomic mass is 10.0. The predicted molar refractivity (Wildman–Crippen MR) is 113 cm³/mol. The van der Waals surface area contributed by atoms with E-state index in [0.29, 0.717) is 35.1 Å². The lowest BCUT2D eigenvalue weighted by Crippen LogP contribution is -2.36. The molecule has 4 atom stereocenters. The lowest BCUT2D eigenvalue weighted by molar-refractivity contribution is -0.137. The fraction of sp³-hybridized carbons (Fsp3) is 0.625. The molecular weight excluding hydrogens is 403 g/mol. The Labute approximate surface area is 181 Å². The summed E-state index contributed by atoms with van der Waals surface area (Å²) in [6.07, 6.45) is -0.828. The van der Waals surface area contributed by atoms with Crippen molar-refractivity contribution in [3.05, 3.63) is 41.6 Å². The van der Waals surface area contributed by atoms with Gasteiger partial charge in [-0.05, 0) is 63.1 Å². The molecule has 168 valence electrons. The van der Waals surface area contributed by atoms with Gasteiger partial charge in [0.15, 0.2) is 0 Å². The first-order valence-corrected chi connectivity index (χ1v) is 11.4. The zero-order valence-corrected chi connectivity index (χ0v) is 18.1. The maximum Gasteiger partial charge on any atom is 0.416 e. The van der Waals surface area contributed by atoms with E-state index in [2.05, 4.69) is 18.7 Å². The number of hydrogen-bond donors (Lipinski definition) is 0. The van der Waals surface area contributed by atoms with Crippen LogP contribution in [-0.2, 0) is 10.9 Å². The van der Waals surface area contributed by atoms with E-state index < -0.39 is 11.7 Å². The zero-order valence-electron chi connectivity index (χ0n) is 18.1. The SMILES string of the molecule is CC(C)n1nc(-c2cccc(C(F)(F)F)c2)cc1C1[C@H]2CC(N3CCCOCC3)C[C@@H]12. The summed E-state index contributed by atoms with van der Waals surface area (Å²) in [6.45, 7) is 8.02.